The average molecular weight is 474 g/mol. The third-order valence-corrected chi connectivity index (χ3v) is 6.19. The number of aryl methyl sites for hydroxylation is 1. The molecule has 0 radical (unpaired) electrons. The van der Waals surface area contributed by atoms with Crippen LogP contribution in [0.15, 0.2) is 51.8 Å². The summed E-state index contributed by atoms with van der Waals surface area (Å²) in [7, 11) is -9.95. The van der Waals surface area contributed by atoms with E-state index in [2.05, 4.69) is 24.8 Å². The topological polar surface area (TPSA) is 89.5 Å². The lowest BCUT2D eigenvalue weighted by molar-refractivity contribution is -0.0500. The van der Waals surface area contributed by atoms with Gasteiger partial charge in [-0.25, -0.2) is 8.42 Å². The molecule has 0 amide bonds. The smallest absolute Gasteiger partial charge is 0.375 e. The monoisotopic (exact) mass is 473 g/mol. The molecule has 2 aromatic carbocycles. The zero-order valence-corrected chi connectivity index (χ0v) is 16.1. The molecule has 142 valence electrons. The maximum atomic E-state index is 12.4. The van der Waals surface area contributed by atoms with Gasteiger partial charge in [0.15, 0.2) is 5.75 Å². The van der Waals surface area contributed by atoms with Gasteiger partial charge in [0, 0.05) is 0 Å². The molecular weight excluding hydrogens is 463 g/mol. The van der Waals surface area contributed by atoms with Crippen LogP contribution in [-0.4, -0.2) is 22.3 Å². The number of hydrogen-bond acceptors (Lipinski definition) is 5. The molecule has 2 rings (SSSR count). The van der Waals surface area contributed by atoms with E-state index in [-0.39, 0.29) is 15.1 Å². The minimum Gasteiger partial charge on any atom is -0.375 e. The molecule has 0 aliphatic carbocycles. The summed E-state index contributed by atoms with van der Waals surface area (Å²) in [6, 6.07) is 9.14. The Morgan fingerprint density at radius 2 is 1.58 bits per heavy atom. The van der Waals surface area contributed by atoms with Gasteiger partial charge in [-0.3, -0.25) is 4.72 Å². The molecule has 0 unspecified atom stereocenters. The van der Waals surface area contributed by atoms with Crippen molar-refractivity contribution in [3.8, 4) is 5.75 Å². The molecule has 26 heavy (non-hydrogen) atoms. The molecule has 0 saturated heterocycles. The van der Waals surface area contributed by atoms with Crippen molar-refractivity contribution in [2.45, 2.75) is 17.3 Å². The van der Waals surface area contributed by atoms with Gasteiger partial charge in [-0.2, -0.15) is 21.6 Å². The zero-order chi connectivity index (χ0) is 19.8. The predicted octanol–water partition coefficient (Wildman–Crippen LogP) is 3.79. The van der Waals surface area contributed by atoms with Gasteiger partial charge in [0.05, 0.1) is 15.1 Å². The largest absolute Gasteiger partial charge is 0.534 e. The fourth-order valence-electron chi connectivity index (χ4n) is 1.74. The maximum absolute atomic E-state index is 12.4. The molecule has 12 heteroatoms. The normalized spacial score (nSPS) is 12.7. The molecule has 6 nitrogen and oxygen atoms in total. The maximum Gasteiger partial charge on any atom is 0.534 e. The molecule has 0 fully saturated rings. The third kappa shape index (κ3) is 4.48. The highest BCUT2D eigenvalue weighted by Crippen LogP contribution is 2.36. The molecule has 0 atom stereocenters. The van der Waals surface area contributed by atoms with E-state index in [4.69, 9.17) is 0 Å². The number of alkyl halides is 3. The Bertz CT molecular complexity index is 1020. The van der Waals surface area contributed by atoms with Gasteiger partial charge >= 0.3 is 15.6 Å². The van der Waals surface area contributed by atoms with E-state index in [1.165, 1.54) is 18.2 Å². The third-order valence-electron chi connectivity index (χ3n) is 3.02. The molecule has 0 saturated carbocycles. The van der Waals surface area contributed by atoms with Crippen LogP contribution in [0, 0.1) is 6.92 Å². The van der Waals surface area contributed by atoms with Gasteiger partial charge in [-0.15, -0.1) is 0 Å². The summed E-state index contributed by atoms with van der Waals surface area (Å²) in [5, 5.41) is 0. The fraction of sp³-hybridized carbons (Fsp3) is 0.143. The van der Waals surface area contributed by atoms with Crippen molar-refractivity contribution < 1.29 is 34.2 Å². The number of hydrogen-bond donors (Lipinski definition) is 1. The summed E-state index contributed by atoms with van der Waals surface area (Å²) in [5.41, 5.74) is -4.98. The minimum absolute atomic E-state index is 0.0794. The number of rotatable bonds is 5. The molecule has 0 aliphatic rings. The van der Waals surface area contributed by atoms with Crippen molar-refractivity contribution in [2.75, 3.05) is 4.72 Å². The van der Waals surface area contributed by atoms with Crippen molar-refractivity contribution in [2.24, 2.45) is 0 Å². The predicted molar refractivity (Wildman–Crippen MR) is 91.7 cm³/mol. The van der Waals surface area contributed by atoms with Gasteiger partial charge in [0.2, 0.25) is 0 Å². The highest BCUT2D eigenvalue weighted by molar-refractivity contribution is 9.10. The second-order valence-corrected chi connectivity index (χ2v) is 9.03. The lowest BCUT2D eigenvalue weighted by atomic mass is 10.2. The average Bonchev–Trinajstić information content (AvgIpc) is 2.50. The van der Waals surface area contributed by atoms with Crippen LogP contribution in [0.25, 0.3) is 0 Å². The van der Waals surface area contributed by atoms with Crippen LogP contribution in [0.3, 0.4) is 0 Å². The Morgan fingerprint density at radius 1 is 1.00 bits per heavy atom. The van der Waals surface area contributed by atoms with E-state index in [9.17, 15) is 30.0 Å². The Morgan fingerprint density at radius 3 is 2.12 bits per heavy atom. The number of anilines is 1. The van der Waals surface area contributed by atoms with Crippen molar-refractivity contribution >= 4 is 41.8 Å². The first kappa shape index (κ1) is 20.5. The van der Waals surface area contributed by atoms with Crippen molar-refractivity contribution in [1.82, 2.24) is 0 Å². The minimum atomic E-state index is -5.90. The Kier molecular flexibility index (Phi) is 5.59. The van der Waals surface area contributed by atoms with Crippen molar-refractivity contribution in [3.63, 3.8) is 0 Å². The number of nitrogens with one attached hydrogen (secondary N) is 1. The number of benzene rings is 2. The van der Waals surface area contributed by atoms with E-state index < -0.39 is 31.4 Å². The lowest BCUT2D eigenvalue weighted by Gasteiger charge is -2.14. The second kappa shape index (κ2) is 7.08. The first-order valence-corrected chi connectivity index (χ1v) is 10.4. The summed E-state index contributed by atoms with van der Waals surface area (Å²) in [6.45, 7) is 1.77. The standard InChI is InChI=1S/C14H11BrF3NO5S2/c1-9-5-7-10(8-6-9)25(20,21)19-11-3-2-4-12(13(11)15)24-26(22,23)14(16,17)18/h2-8,19H,1H3. The Labute approximate surface area is 156 Å². The number of halogens is 4. The van der Waals surface area contributed by atoms with Crippen LogP contribution >= 0.6 is 15.9 Å². The van der Waals surface area contributed by atoms with E-state index in [1.54, 1.807) is 19.1 Å². The second-order valence-electron chi connectivity index (χ2n) is 5.02. The Hall–Kier alpha value is -1.79. The van der Waals surface area contributed by atoms with E-state index in [1.807, 2.05) is 0 Å². The van der Waals surface area contributed by atoms with Gasteiger partial charge < -0.3 is 4.18 Å². The SMILES string of the molecule is Cc1ccc(S(=O)(=O)Nc2cccc(OS(=O)(=O)C(F)(F)F)c2Br)cc1. The summed E-state index contributed by atoms with van der Waals surface area (Å²) in [5.74, 6) is -0.716. The van der Waals surface area contributed by atoms with Crippen LogP contribution in [-0.2, 0) is 20.1 Å². The number of sulfonamides is 1. The van der Waals surface area contributed by atoms with Gasteiger partial charge in [0.25, 0.3) is 10.0 Å². The van der Waals surface area contributed by atoms with Crippen LogP contribution in [0.1, 0.15) is 5.56 Å². The molecule has 0 bridgehead atoms. The lowest BCUT2D eigenvalue weighted by Crippen LogP contribution is -2.28. The van der Waals surface area contributed by atoms with E-state index in [0.29, 0.717) is 0 Å². The van der Waals surface area contributed by atoms with E-state index in [0.717, 1.165) is 17.7 Å². The van der Waals surface area contributed by atoms with Gasteiger partial charge in [-0.05, 0) is 47.1 Å². The molecule has 0 heterocycles. The van der Waals surface area contributed by atoms with E-state index >= 15 is 0 Å². The zero-order valence-electron chi connectivity index (χ0n) is 12.9. The van der Waals surface area contributed by atoms with Crippen molar-refractivity contribution in [3.05, 3.63) is 52.5 Å². The molecule has 0 aromatic heterocycles. The van der Waals surface area contributed by atoms with Crippen molar-refractivity contribution in [1.29, 1.82) is 0 Å². The van der Waals surface area contributed by atoms with Crippen LogP contribution in [0.2, 0.25) is 0 Å². The summed E-state index contributed by atoms with van der Waals surface area (Å²) in [4.78, 5) is -0.0794. The molecule has 1 N–H and O–H groups in total. The first-order chi connectivity index (χ1) is 11.8. The quantitative estimate of drug-likeness (QED) is 0.526. The summed E-state index contributed by atoms with van der Waals surface area (Å²) in [6.07, 6.45) is 0. The molecule has 2 aromatic rings. The van der Waals surface area contributed by atoms with Gasteiger partial charge in [0.1, 0.15) is 0 Å². The fourth-order valence-corrected chi connectivity index (χ4v) is 3.96. The molecular formula is C14H11BrF3NO5S2. The van der Waals surface area contributed by atoms with Crippen LogP contribution in [0.4, 0.5) is 18.9 Å². The highest BCUT2D eigenvalue weighted by Gasteiger charge is 2.48. The first-order valence-electron chi connectivity index (χ1n) is 6.72. The molecule has 0 aliphatic heterocycles. The Balaban J connectivity index is 2.36. The highest BCUT2D eigenvalue weighted by atomic mass is 79.9. The van der Waals surface area contributed by atoms with Crippen LogP contribution in [0.5, 0.6) is 5.75 Å². The van der Waals surface area contributed by atoms with Gasteiger partial charge in [-0.1, -0.05) is 23.8 Å². The van der Waals surface area contributed by atoms with Crippen LogP contribution < -0.4 is 8.91 Å². The summed E-state index contributed by atoms with van der Waals surface area (Å²) >= 11 is 2.85. The molecule has 0 spiro atoms. The summed E-state index contributed by atoms with van der Waals surface area (Å²) < 4.78 is 90.1.